The predicted molar refractivity (Wildman–Crippen MR) is 68.0 cm³/mol. The van der Waals surface area contributed by atoms with E-state index in [1.54, 1.807) is 0 Å². The molecular formula is C12H11BrN2O3. The van der Waals surface area contributed by atoms with E-state index in [1.165, 1.54) is 0 Å². The highest BCUT2D eigenvalue weighted by atomic mass is 79.9. The molecule has 94 valence electrons. The summed E-state index contributed by atoms with van der Waals surface area (Å²) >= 11 is 3.37. The van der Waals surface area contributed by atoms with Crippen molar-refractivity contribution in [3.05, 3.63) is 34.6 Å². The first-order valence-corrected chi connectivity index (χ1v) is 6.24. The van der Waals surface area contributed by atoms with Crippen LogP contribution in [0.3, 0.4) is 0 Å². The molecule has 0 fully saturated rings. The third-order valence-electron chi connectivity index (χ3n) is 2.32. The SMILES string of the molecule is O=C(O)CCCc1nnc(-c2cccc(Br)c2)o1. The van der Waals surface area contributed by atoms with Crippen molar-refractivity contribution in [2.75, 3.05) is 0 Å². The van der Waals surface area contributed by atoms with Gasteiger partial charge in [-0.15, -0.1) is 10.2 Å². The molecule has 0 aliphatic rings. The molecule has 5 nitrogen and oxygen atoms in total. The maximum atomic E-state index is 10.4. The van der Waals surface area contributed by atoms with Gasteiger partial charge in [0.2, 0.25) is 11.8 Å². The van der Waals surface area contributed by atoms with Gasteiger partial charge >= 0.3 is 5.97 Å². The average molecular weight is 311 g/mol. The molecule has 2 rings (SSSR count). The standard InChI is InChI=1S/C12H11BrN2O3/c13-9-4-1-3-8(7-9)12-15-14-10(18-12)5-2-6-11(16)17/h1,3-4,7H,2,5-6H2,(H,16,17). The maximum Gasteiger partial charge on any atom is 0.303 e. The predicted octanol–water partition coefficient (Wildman–Crippen LogP) is 2.91. The lowest BCUT2D eigenvalue weighted by atomic mass is 10.2. The molecule has 1 N–H and O–H groups in total. The molecule has 0 saturated heterocycles. The van der Waals surface area contributed by atoms with E-state index in [4.69, 9.17) is 9.52 Å². The van der Waals surface area contributed by atoms with Gasteiger partial charge in [-0.2, -0.15) is 0 Å². The first kappa shape index (κ1) is 12.8. The number of hydrogen-bond acceptors (Lipinski definition) is 4. The van der Waals surface area contributed by atoms with Gasteiger partial charge in [-0.25, -0.2) is 0 Å². The number of aryl methyl sites for hydroxylation is 1. The second kappa shape index (κ2) is 5.77. The highest BCUT2D eigenvalue weighted by Gasteiger charge is 2.09. The Morgan fingerprint density at radius 3 is 2.94 bits per heavy atom. The summed E-state index contributed by atoms with van der Waals surface area (Å²) in [5, 5.41) is 16.4. The van der Waals surface area contributed by atoms with Gasteiger partial charge in [0, 0.05) is 22.9 Å². The molecular weight excluding hydrogens is 300 g/mol. The fraction of sp³-hybridized carbons (Fsp3) is 0.250. The zero-order chi connectivity index (χ0) is 13.0. The summed E-state index contributed by atoms with van der Waals surface area (Å²) in [4.78, 5) is 10.4. The number of benzene rings is 1. The van der Waals surface area contributed by atoms with E-state index in [2.05, 4.69) is 26.1 Å². The molecule has 0 atom stereocenters. The molecule has 0 radical (unpaired) electrons. The smallest absolute Gasteiger partial charge is 0.303 e. The second-order valence-corrected chi connectivity index (χ2v) is 4.67. The largest absolute Gasteiger partial charge is 0.481 e. The van der Waals surface area contributed by atoms with E-state index >= 15 is 0 Å². The lowest BCUT2D eigenvalue weighted by Gasteiger charge is -1.95. The van der Waals surface area contributed by atoms with Crippen LogP contribution in [0, 0.1) is 0 Å². The second-order valence-electron chi connectivity index (χ2n) is 3.76. The number of carboxylic acids is 1. The highest BCUT2D eigenvalue weighted by molar-refractivity contribution is 9.10. The first-order valence-electron chi connectivity index (χ1n) is 5.45. The van der Waals surface area contributed by atoms with Crippen LogP contribution >= 0.6 is 15.9 Å². The van der Waals surface area contributed by atoms with Gasteiger partial charge < -0.3 is 9.52 Å². The molecule has 0 saturated carbocycles. The summed E-state index contributed by atoms with van der Waals surface area (Å²) in [6.45, 7) is 0. The quantitative estimate of drug-likeness (QED) is 0.919. The summed E-state index contributed by atoms with van der Waals surface area (Å²) in [6, 6.07) is 7.55. The lowest BCUT2D eigenvalue weighted by Crippen LogP contribution is -1.95. The number of aliphatic carboxylic acids is 1. The number of halogens is 1. The zero-order valence-corrected chi connectivity index (χ0v) is 11.1. The van der Waals surface area contributed by atoms with Gasteiger partial charge in [-0.05, 0) is 24.6 Å². The molecule has 0 amide bonds. The van der Waals surface area contributed by atoms with Crippen LogP contribution in [0.2, 0.25) is 0 Å². The molecule has 1 aromatic heterocycles. The Morgan fingerprint density at radius 1 is 1.39 bits per heavy atom. The first-order chi connectivity index (χ1) is 8.65. The Hall–Kier alpha value is -1.69. The molecule has 6 heteroatoms. The van der Waals surface area contributed by atoms with Crippen LogP contribution in [-0.4, -0.2) is 21.3 Å². The van der Waals surface area contributed by atoms with Crippen molar-refractivity contribution < 1.29 is 14.3 Å². The zero-order valence-electron chi connectivity index (χ0n) is 9.47. The third-order valence-corrected chi connectivity index (χ3v) is 2.81. The number of hydrogen-bond donors (Lipinski definition) is 1. The normalized spacial score (nSPS) is 10.5. The van der Waals surface area contributed by atoms with Crippen LogP contribution in [0.4, 0.5) is 0 Å². The topological polar surface area (TPSA) is 76.2 Å². The molecule has 18 heavy (non-hydrogen) atoms. The summed E-state index contributed by atoms with van der Waals surface area (Å²) in [5.41, 5.74) is 0.835. The van der Waals surface area contributed by atoms with Crippen LogP contribution in [-0.2, 0) is 11.2 Å². The maximum absolute atomic E-state index is 10.4. The molecule has 2 aromatic rings. The minimum Gasteiger partial charge on any atom is -0.481 e. The Morgan fingerprint density at radius 2 is 2.22 bits per heavy atom. The average Bonchev–Trinajstić information content (AvgIpc) is 2.77. The van der Waals surface area contributed by atoms with Gasteiger partial charge in [-0.1, -0.05) is 22.0 Å². The van der Waals surface area contributed by atoms with E-state index in [9.17, 15) is 4.79 Å². The molecule has 1 aromatic carbocycles. The summed E-state index contributed by atoms with van der Waals surface area (Å²) in [7, 11) is 0. The Labute approximate surface area is 112 Å². The van der Waals surface area contributed by atoms with Gasteiger partial charge in [-0.3, -0.25) is 4.79 Å². The minimum atomic E-state index is -0.818. The molecule has 0 bridgehead atoms. The monoisotopic (exact) mass is 310 g/mol. The molecule has 0 aliphatic heterocycles. The molecule has 1 heterocycles. The Kier molecular flexibility index (Phi) is 4.09. The summed E-state index contributed by atoms with van der Waals surface area (Å²) < 4.78 is 6.41. The molecule has 0 unspecified atom stereocenters. The lowest BCUT2D eigenvalue weighted by molar-refractivity contribution is -0.137. The van der Waals surface area contributed by atoms with Gasteiger partial charge in [0.05, 0.1) is 0 Å². The van der Waals surface area contributed by atoms with Crippen molar-refractivity contribution >= 4 is 21.9 Å². The van der Waals surface area contributed by atoms with E-state index in [0.717, 1.165) is 10.0 Å². The minimum absolute atomic E-state index is 0.106. The van der Waals surface area contributed by atoms with Crippen molar-refractivity contribution in [1.29, 1.82) is 0 Å². The fourth-order valence-corrected chi connectivity index (χ4v) is 1.88. The van der Waals surface area contributed by atoms with Crippen LogP contribution in [0.5, 0.6) is 0 Å². The number of nitrogens with zero attached hydrogens (tertiary/aromatic N) is 2. The van der Waals surface area contributed by atoms with E-state index < -0.39 is 5.97 Å². The van der Waals surface area contributed by atoms with Crippen LogP contribution < -0.4 is 0 Å². The van der Waals surface area contributed by atoms with Crippen LogP contribution in [0.1, 0.15) is 18.7 Å². The molecule has 0 aliphatic carbocycles. The van der Waals surface area contributed by atoms with Gasteiger partial charge in [0.15, 0.2) is 0 Å². The number of rotatable bonds is 5. The van der Waals surface area contributed by atoms with E-state index in [-0.39, 0.29) is 6.42 Å². The van der Waals surface area contributed by atoms with Gasteiger partial charge in [0.1, 0.15) is 0 Å². The van der Waals surface area contributed by atoms with Crippen molar-refractivity contribution in [2.24, 2.45) is 0 Å². The molecule has 0 spiro atoms. The Bertz CT molecular complexity index is 554. The Balaban J connectivity index is 2.04. The third kappa shape index (κ3) is 3.40. The number of carboxylic acid groups (broad SMARTS) is 1. The highest BCUT2D eigenvalue weighted by Crippen LogP contribution is 2.22. The van der Waals surface area contributed by atoms with Crippen molar-refractivity contribution in [3.63, 3.8) is 0 Å². The fourth-order valence-electron chi connectivity index (χ4n) is 1.48. The number of carbonyl (C=O) groups is 1. The summed E-state index contributed by atoms with van der Waals surface area (Å²) in [5.74, 6) is 0.0922. The van der Waals surface area contributed by atoms with Crippen LogP contribution in [0.25, 0.3) is 11.5 Å². The van der Waals surface area contributed by atoms with E-state index in [0.29, 0.717) is 24.6 Å². The van der Waals surface area contributed by atoms with Crippen molar-refractivity contribution in [3.8, 4) is 11.5 Å². The van der Waals surface area contributed by atoms with Crippen molar-refractivity contribution in [1.82, 2.24) is 10.2 Å². The van der Waals surface area contributed by atoms with E-state index in [1.807, 2.05) is 24.3 Å². The number of aromatic nitrogens is 2. The van der Waals surface area contributed by atoms with Gasteiger partial charge in [0.25, 0.3) is 0 Å². The van der Waals surface area contributed by atoms with Crippen molar-refractivity contribution in [2.45, 2.75) is 19.3 Å². The van der Waals surface area contributed by atoms with Crippen LogP contribution in [0.15, 0.2) is 33.2 Å². The summed E-state index contributed by atoms with van der Waals surface area (Å²) in [6.07, 6.45) is 1.08.